The van der Waals surface area contributed by atoms with Gasteiger partial charge < -0.3 is 30.4 Å². The largest absolute Gasteiger partial charge is 0.508 e. The van der Waals surface area contributed by atoms with Gasteiger partial charge in [0.05, 0.1) is 0 Å². The van der Waals surface area contributed by atoms with E-state index in [1.807, 2.05) is 31.3 Å². The Morgan fingerprint density at radius 1 is 0.800 bits per heavy atom. The van der Waals surface area contributed by atoms with Crippen LogP contribution in [-0.2, 0) is 6.42 Å². The van der Waals surface area contributed by atoms with Gasteiger partial charge in [0.15, 0.2) is 0 Å². The molecule has 5 aromatic carbocycles. The second-order valence-corrected chi connectivity index (χ2v) is 10.7. The minimum atomic E-state index is -1.27. The number of rotatable bonds is 6. The number of likely N-dealkylation sites (N-methyl/N-ethyl adjacent to an activating group) is 1. The lowest BCUT2D eigenvalue weighted by atomic mass is 9.91. The molecule has 45 heavy (non-hydrogen) atoms. The molecule has 0 spiro atoms. The van der Waals surface area contributed by atoms with Crippen LogP contribution in [0.5, 0.6) is 17.2 Å². The predicted octanol–water partition coefficient (Wildman–Crippen LogP) is 6.53. The molecule has 228 valence electrons. The van der Waals surface area contributed by atoms with Crippen LogP contribution in [0.3, 0.4) is 0 Å². The molecule has 0 saturated carbocycles. The van der Waals surface area contributed by atoms with Gasteiger partial charge in [-0.15, -0.1) is 0 Å². The first-order valence-electron chi connectivity index (χ1n) is 14.3. The number of aliphatic imine (C=N–C) groups is 1. The molecule has 9 heteroatoms. The Kier molecular flexibility index (Phi) is 8.99. The number of carboxylic acids is 2. The van der Waals surface area contributed by atoms with Crippen LogP contribution in [0.25, 0.3) is 27.6 Å². The van der Waals surface area contributed by atoms with Crippen molar-refractivity contribution in [2.24, 2.45) is 4.99 Å². The van der Waals surface area contributed by atoms with Crippen molar-refractivity contribution in [3.63, 3.8) is 0 Å². The van der Waals surface area contributed by atoms with Crippen molar-refractivity contribution >= 4 is 45.4 Å². The molecule has 0 unspecified atom stereocenters. The van der Waals surface area contributed by atoms with Gasteiger partial charge in [0.1, 0.15) is 34.2 Å². The minimum Gasteiger partial charge on any atom is -0.508 e. The molecule has 0 atom stereocenters. The molecule has 0 radical (unpaired) electrons. The van der Waals surface area contributed by atoms with Crippen LogP contribution in [0.1, 0.15) is 43.8 Å². The monoisotopic (exact) mass is 604 g/mol. The van der Waals surface area contributed by atoms with Crippen molar-refractivity contribution < 1.29 is 35.1 Å². The van der Waals surface area contributed by atoms with Gasteiger partial charge in [0.25, 0.3) is 0 Å². The third kappa shape index (κ3) is 6.73. The van der Waals surface area contributed by atoms with Crippen LogP contribution in [0, 0.1) is 0 Å². The summed E-state index contributed by atoms with van der Waals surface area (Å²) in [7, 11) is 2.05. The molecule has 0 aromatic heterocycles. The lowest BCUT2D eigenvalue weighted by Gasteiger charge is -2.22. The van der Waals surface area contributed by atoms with Gasteiger partial charge in [-0.05, 0) is 69.4 Å². The van der Waals surface area contributed by atoms with Crippen molar-refractivity contribution in [3.05, 3.63) is 119 Å². The highest BCUT2D eigenvalue weighted by Crippen LogP contribution is 2.38. The van der Waals surface area contributed by atoms with E-state index >= 15 is 0 Å². The summed E-state index contributed by atoms with van der Waals surface area (Å²) in [5.74, 6) is -2.05. The number of amidine groups is 1. The molecule has 0 fully saturated rings. The van der Waals surface area contributed by atoms with Crippen LogP contribution in [0.2, 0.25) is 0 Å². The van der Waals surface area contributed by atoms with E-state index in [2.05, 4.69) is 9.89 Å². The van der Waals surface area contributed by atoms with E-state index in [9.17, 15) is 35.1 Å². The van der Waals surface area contributed by atoms with E-state index in [4.69, 9.17) is 0 Å². The third-order valence-electron chi connectivity index (χ3n) is 7.65. The Hall–Kier alpha value is -5.83. The fourth-order valence-electron chi connectivity index (χ4n) is 5.41. The summed E-state index contributed by atoms with van der Waals surface area (Å²) in [4.78, 5) is 29.9. The fourth-order valence-corrected chi connectivity index (χ4v) is 5.41. The predicted molar refractivity (Wildman–Crippen MR) is 175 cm³/mol. The second-order valence-electron chi connectivity index (χ2n) is 10.7. The second kappa shape index (κ2) is 13.2. The number of carboxylic acid groups (broad SMARTS) is 2. The maximum absolute atomic E-state index is 11.8. The maximum Gasteiger partial charge on any atom is 0.340 e. The summed E-state index contributed by atoms with van der Waals surface area (Å²) in [5, 5.41) is 51.9. The molecule has 0 saturated heterocycles. The molecule has 0 bridgehead atoms. The Bertz CT molecular complexity index is 1980. The van der Waals surface area contributed by atoms with Gasteiger partial charge in [-0.3, -0.25) is 4.99 Å². The normalized spacial score (nSPS) is 13.0. The highest BCUT2D eigenvalue weighted by Gasteiger charge is 2.22. The molecular formula is C36H32N2O7. The summed E-state index contributed by atoms with van der Waals surface area (Å²) < 4.78 is 0. The topological polar surface area (TPSA) is 151 Å². The zero-order valence-electron chi connectivity index (χ0n) is 24.5. The van der Waals surface area contributed by atoms with Crippen LogP contribution >= 0.6 is 0 Å². The molecule has 5 aromatic rings. The molecule has 0 aliphatic carbocycles. The van der Waals surface area contributed by atoms with E-state index in [0.717, 1.165) is 30.9 Å². The number of aromatic hydroxyl groups is 3. The summed E-state index contributed by atoms with van der Waals surface area (Å²) >= 11 is 0. The zero-order chi connectivity index (χ0) is 32.1. The van der Waals surface area contributed by atoms with Gasteiger partial charge in [0, 0.05) is 32.1 Å². The quantitative estimate of drug-likeness (QED) is 0.147. The first-order valence-corrected chi connectivity index (χ1v) is 14.3. The number of phenolic OH excluding ortho intramolecular Hbond substituents is 1. The van der Waals surface area contributed by atoms with E-state index < -0.39 is 23.4 Å². The molecule has 0 amide bonds. The minimum absolute atomic E-state index is 0.0373. The first kappa shape index (κ1) is 30.6. The molecule has 1 aliphatic heterocycles. The molecule has 9 nitrogen and oxygen atoms in total. The number of benzene rings is 5. The van der Waals surface area contributed by atoms with Crippen LogP contribution < -0.4 is 0 Å². The molecule has 1 aliphatic rings. The summed E-state index contributed by atoms with van der Waals surface area (Å²) in [5.41, 5.74) is 1.10. The summed E-state index contributed by atoms with van der Waals surface area (Å²) in [6.45, 7) is 1.97. The lowest BCUT2D eigenvalue weighted by Crippen LogP contribution is -2.30. The van der Waals surface area contributed by atoms with Crippen LogP contribution in [-0.4, -0.2) is 68.3 Å². The van der Waals surface area contributed by atoms with Gasteiger partial charge in [-0.2, -0.15) is 0 Å². The van der Waals surface area contributed by atoms with E-state index in [1.54, 1.807) is 66.7 Å². The zero-order valence-corrected chi connectivity index (χ0v) is 24.5. The average molecular weight is 605 g/mol. The summed E-state index contributed by atoms with van der Waals surface area (Å²) in [6, 6.07) is 24.0. The van der Waals surface area contributed by atoms with Crippen molar-refractivity contribution in [1.82, 2.24) is 4.90 Å². The summed E-state index contributed by atoms with van der Waals surface area (Å²) in [6.07, 6.45) is 5.05. The Labute approximate surface area is 259 Å². The molecular weight excluding hydrogens is 572 g/mol. The van der Waals surface area contributed by atoms with Crippen molar-refractivity contribution in [2.45, 2.75) is 12.8 Å². The standard InChI is InChI=1S/C23H16O6.C13H16N2O/c24-20-14(9-12-5-2-4-8-16(12)19(20)23(28)29)11-17-15-7-3-1-6-13(15)10-18(21(17)25)22(26)27;1-15-9-3-8-14-13(15)7-6-11-4-2-5-12(16)10-11/h1-10,24-25H,11H2,(H,26,27)(H,28,29);2,4-7,10,16H,3,8-9H2,1H3. The Balaban J connectivity index is 0.000000211. The van der Waals surface area contributed by atoms with Crippen molar-refractivity contribution in [3.8, 4) is 17.2 Å². The van der Waals surface area contributed by atoms with Gasteiger partial charge >= 0.3 is 11.9 Å². The first-order chi connectivity index (χ1) is 21.6. The SMILES string of the molecule is CN1CCCN=C1C=Cc1cccc(O)c1.O=C(O)c1cc2ccccc2c(Cc2cc3ccccc3c(C(=O)O)c2O)c1O. The highest BCUT2D eigenvalue weighted by atomic mass is 16.4. The molecule has 1 heterocycles. The highest BCUT2D eigenvalue weighted by molar-refractivity contribution is 6.07. The van der Waals surface area contributed by atoms with Gasteiger partial charge in [-0.25, -0.2) is 9.59 Å². The average Bonchev–Trinajstić information content (AvgIpc) is 3.02. The lowest BCUT2D eigenvalue weighted by molar-refractivity contribution is 0.0683. The number of nitrogens with zero attached hydrogens (tertiary/aromatic N) is 2. The smallest absolute Gasteiger partial charge is 0.340 e. The molecule has 5 N–H and O–H groups in total. The fraction of sp³-hybridized carbons (Fsp3) is 0.139. The number of aromatic carboxylic acids is 2. The number of fused-ring (bicyclic) bond motifs is 2. The van der Waals surface area contributed by atoms with Gasteiger partial charge in [0.2, 0.25) is 0 Å². The van der Waals surface area contributed by atoms with E-state index in [-0.39, 0.29) is 23.1 Å². The molecule has 6 rings (SSSR count). The number of hydrogen-bond acceptors (Lipinski definition) is 7. The number of carbonyl (C=O) groups is 2. The van der Waals surface area contributed by atoms with Gasteiger partial charge in [-0.1, -0.05) is 66.7 Å². The van der Waals surface area contributed by atoms with Crippen molar-refractivity contribution in [2.75, 3.05) is 20.1 Å². The maximum atomic E-state index is 11.8. The van der Waals surface area contributed by atoms with E-state index in [1.165, 1.54) is 6.07 Å². The Morgan fingerprint density at radius 2 is 1.49 bits per heavy atom. The van der Waals surface area contributed by atoms with Crippen LogP contribution in [0.15, 0.2) is 96.0 Å². The van der Waals surface area contributed by atoms with Crippen molar-refractivity contribution in [1.29, 1.82) is 0 Å². The van der Waals surface area contributed by atoms with Crippen LogP contribution in [0.4, 0.5) is 0 Å². The number of hydrogen-bond donors (Lipinski definition) is 5. The third-order valence-corrected chi connectivity index (χ3v) is 7.65. The number of phenols is 3. The Morgan fingerprint density at radius 3 is 2.16 bits per heavy atom. The van der Waals surface area contributed by atoms with E-state index in [0.29, 0.717) is 32.9 Å².